The Labute approximate surface area is 163 Å². The summed E-state index contributed by atoms with van der Waals surface area (Å²) in [6.07, 6.45) is 0. The minimum atomic E-state index is -0.195. The van der Waals surface area contributed by atoms with Gasteiger partial charge < -0.3 is 19.3 Å². The third-order valence-electron chi connectivity index (χ3n) is 4.25. The maximum atomic E-state index is 12.6. The summed E-state index contributed by atoms with van der Waals surface area (Å²) in [6.45, 7) is 5.86. The lowest BCUT2D eigenvalue weighted by Crippen LogP contribution is -2.27. The standard InChI is InChI=1S/C21H23N3O4/c1-13-5-10-19(26-4)18(11-13)14(2)22-21(25)16-6-8-17(9-7-16)27-12-20-23-15(3)28-24-20/h5-11,14H,12H2,1-4H3,(H,22,25). The molecule has 1 atom stereocenters. The molecule has 0 saturated carbocycles. The Morgan fingerprint density at radius 1 is 1.18 bits per heavy atom. The monoisotopic (exact) mass is 381 g/mol. The number of amides is 1. The largest absolute Gasteiger partial charge is 0.496 e. The summed E-state index contributed by atoms with van der Waals surface area (Å²) in [5.74, 6) is 2.16. The van der Waals surface area contributed by atoms with Crippen molar-refractivity contribution in [2.24, 2.45) is 0 Å². The molecule has 1 heterocycles. The highest BCUT2D eigenvalue weighted by molar-refractivity contribution is 5.94. The van der Waals surface area contributed by atoms with E-state index in [9.17, 15) is 4.79 Å². The van der Waals surface area contributed by atoms with Crippen molar-refractivity contribution in [3.63, 3.8) is 0 Å². The topological polar surface area (TPSA) is 86.5 Å². The number of nitrogens with one attached hydrogen (secondary N) is 1. The molecule has 1 unspecified atom stereocenters. The van der Waals surface area contributed by atoms with Crippen LogP contribution >= 0.6 is 0 Å². The van der Waals surface area contributed by atoms with E-state index in [1.807, 2.05) is 32.0 Å². The van der Waals surface area contributed by atoms with Crippen LogP contribution in [-0.4, -0.2) is 23.2 Å². The zero-order valence-corrected chi connectivity index (χ0v) is 16.4. The van der Waals surface area contributed by atoms with Crippen molar-refractivity contribution in [1.82, 2.24) is 15.5 Å². The predicted molar refractivity (Wildman–Crippen MR) is 103 cm³/mol. The zero-order valence-electron chi connectivity index (χ0n) is 16.4. The summed E-state index contributed by atoms with van der Waals surface area (Å²) in [5, 5.41) is 6.78. The number of aryl methyl sites for hydroxylation is 2. The molecule has 146 valence electrons. The minimum absolute atomic E-state index is 0.170. The molecule has 0 bridgehead atoms. The van der Waals surface area contributed by atoms with E-state index in [4.69, 9.17) is 14.0 Å². The molecular formula is C21H23N3O4. The number of methoxy groups -OCH3 is 1. The molecule has 7 nitrogen and oxygen atoms in total. The molecule has 1 amide bonds. The van der Waals surface area contributed by atoms with Crippen LogP contribution < -0.4 is 14.8 Å². The SMILES string of the molecule is COc1ccc(C)cc1C(C)NC(=O)c1ccc(OCc2noc(C)n2)cc1. The van der Waals surface area contributed by atoms with Crippen molar-refractivity contribution in [3.05, 3.63) is 70.9 Å². The van der Waals surface area contributed by atoms with Crippen molar-refractivity contribution in [2.75, 3.05) is 7.11 Å². The Morgan fingerprint density at radius 2 is 1.93 bits per heavy atom. The minimum Gasteiger partial charge on any atom is -0.496 e. The van der Waals surface area contributed by atoms with E-state index >= 15 is 0 Å². The van der Waals surface area contributed by atoms with Crippen molar-refractivity contribution in [2.45, 2.75) is 33.4 Å². The number of hydrogen-bond donors (Lipinski definition) is 1. The summed E-state index contributed by atoms with van der Waals surface area (Å²) < 4.78 is 15.9. The van der Waals surface area contributed by atoms with Gasteiger partial charge in [-0.25, -0.2) is 0 Å². The Balaban J connectivity index is 1.62. The number of ether oxygens (including phenoxy) is 2. The molecule has 0 aliphatic carbocycles. The molecule has 0 fully saturated rings. The number of benzene rings is 2. The van der Waals surface area contributed by atoms with Crippen LogP contribution in [0.25, 0.3) is 0 Å². The van der Waals surface area contributed by atoms with Crippen LogP contribution in [0.15, 0.2) is 47.0 Å². The fourth-order valence-electron chi connectivity index (χ4n) is 2.80. The molecule has 3 rings (SSSR count). The van der Waals surface area contributed by atoms with Crippen LogP contribution in [0.4, 0.5) is 0 Å². The van der Waals surface area contributed by atoms with E-state index in [1.54, 1.807) is 38.3 Å². The molecule has 3 aromatic rings. The molecule has 1 N–H and O–H groups in total. The molecule has 0 saturated heterocycles. The first kappa shape index (κ1) is 19.4. The molecule has 0 radical (unpaired) electrons. The van der Waals surface area contributed by atoms with Crippen LogP contribution in [-0.2, 0) is 6.61 Å². The molecule has 28 heavy (non-hydrogen) atoms. The molecule has 0 aliphatic rings. The highest BCUT2D eigenvalue weighted by Crippen LogP contribution is 2.26. The van der Waals surface area contributed by atoms with Gasteiger partial charge in [-0.05, 0) is 44.2 Å². The summed E-state index contributed by atoms with van der Waals surface area (Å²) in [6, 6.07) is 12.6. The van der Waals surface area contributed by atoms with Crippen LogP contribution in [0.2, 0.25) is 0 Å². The van der Waals surface area contributed by atoms with Gasteiger partial charge in [-0.15, -0.1) is 0 Å². The molecule has 0 spiro atoms. The summed E-state index contributed by atoms with van der Waals surface area (Å²) in [5.41, 5.74) is 2.59. The first-order valence-electron chi connectivity index (χ1n) is 8.93. The maximum absolute atomic E-state index is 12.6. The lowest BCUT2D eigenvalue weighted by Gasteiger charge is -2.18. The lowest BCUT2D eigenvalue weighted by atomic mass is 10.0. The highest BCUT2D eigenvalue weighted by Gasteiger charge is 2.15. The Kier molecular flexibility index (Phi) is 5.93. The number of carbonyl (C=O) groups excluding carboxylic acids is 1. The van der Waals surface area contributed by atoms with Crippen molar-refractivity contribution in [1.29, 1.82) is 0 Å². The van der Waals surface area contributed by atoms with Gasteiger partial charge in [0.15, 0.2) is 6.61 Å². The van der Waals surface area contributed by atoms with E-state index in [1.165, 1.54) is 0 Å². The molecule has 7 heteroatoms. The van der Waals surface area contributed by atoms with Gasteiger partial charge in [0.2, 0.25) is 11.7 Å². The predicted octanol–water partition coefficient (Wildman–Crippen LogP) is 3.77. The van der Waals surface area contributed by atoms with Crippen molar-refractivity contribution < 1.29 is 18.8 Å². The highest BCUT2D eigenvalue weighted by atomic mass is 16.5. The van der Waals surface area contributed by atoms with Gasteiger partial charge in [0, 0.05) is 18.1 Å². The van der Waals surface area contributed by atoms with E-state index in [0.29, 0.717) is 23.0 Å². The number of hydrogen-bond acceptors (Lipinski definition) is 6. The van der Waals surface area contributed by atoms with Gasteiger partial charge >= 0.3 is 0 Å². The van der Waals surface area contributed by atoms with E-state index < -0.39 is 0 Å². The van der Waals surface area contributed by atoms with Crippen LogP contribution in [0, 0.1) is 13.8 Å². The fourth-order valence-corrected chi connectivity index (χ4v) is 2.80. The Hall–Kier alpha value is -3.35. The molecule has 2 aromatic carbocycles. The number of aromatic nitrogens is 2. The first-order valence-corrected chi connectivity index (χ1v) is 8.93. The van der Waals surface area contributed by atoms with Crippen LogP contribution in [0.1, 0.15) is 46.2 Å². The van der Waals surface area contributed by atoms with Gasteiger partial charge in [-0.1, -0.05) is 22.9 Å². The third-order valence-corrected chi connectivity index (χ3v) is 4.25. The molecular weight excluding hydrogens is 358 g/mol. The van der Waals surface area contributed by atoms with Gasteiger partial charge in [-0.2, -0.15) is 4.98 Å². The second-order valence-electron chi connectivity index (χ2n) is 6.48. The summed E-state index contributed by atoms with van der Waals surface area (Å²) in [7, 11) is 1.62. The maximum Gasteiger partial charge on any atom is 0.251 e. The van der Waals surface area contributed by atoms with Gasteiger partial charge in [0.05, 0.1) is 13.2 Å². The fraction of sp³-hybridized carbons (Fsp3) is 0.286. The Bertz CT molecular complexity index is 951. The summed E-state index contributed by atoms with van der Waals surface area (Å²) >= 11 is 0. The van der Waals surface area contributed by atoms with E-state index in [-0.39, 0.29) is 18.6 Å². The normalized spacial score (nSPS) is 11.7. The number of rotatable bonds is 7. The van der Waals surface area contributed by atoms with Crippen LogP contribution in [0.3, 0.4) is 0 Å². The van der Waals surface area contributed by atoms with E-state index in [2.05, 4.69) is 15.5 Å². The molecule has 0 aliphatic heterocycles. The van der Waals surface area contributed by atoms with Gasteiger partial charge in [0.1, 0.15) is 11.5 Å². The number of carbonyl (C=O) groups is 1. The smallest absolute Gasteiger partial charge is 0.251 e. The Morgan fingerprint density at radius 3 is 2.57 bits per heavy atom. The van der Waals surface area contributed by atoms with Gasteiger partial charge in [-0.3, -0.25) is 4.79 Å². The quantitative estimate of drug-likeness (QED) is 0.670. The second-order valence-corrected chi connectivity index (χ2v) is 6.48. The first-order chi connectivity index (χ1) is 13.5. The second kappa shape index (κ2) is 8.56. The van der Waals surface area contributed by atoms with Crippen molar-refractivity contribution in [3.8, 4) is 11.5 Å². The van der Waals surface area contributed by atoms with Crippen LogP contribution in [0.5, 0.6) is 11.5 Å². The van der Waals surface area contributed by atoms with Crippen molar-refractivity contribution >= 4 is 5.91 Å². The zero-order chi connectivity index (χ0) is 20.1. The lowest BCUT2D eigenvalue weighted by molar-refractivity contribution is 0.0939. The third kappa shape index (κ3) is 4.68. The average Bonchev–Trinajstić information content (AvgIpc) is 3.12. The molecule has 1 aromatic heterocycles. The number of nitrogens with zero attached hydrogens (tertiary/aromatic N) is 2. The van der Waals surface area contributed by atoms with Gasteiger partial charge in [0.25, 0.3) is 5.91 Å². The van der Waals surface area contributed by atoms with E-state index in [0.717, 1.165) is 16.9 Å². The average molecular weight is 381 g/mol. The summed E-state index contributed by atoms with van der Waals surface area (Å²) in [4.78, 5) is 16.7.